The van der Waals surface area contributed by atoms with Gasteiger partial charge in [0.2, 0.25) is 0 Å². The van der Waals surface area contributed by atoms with Crippen molar-refractivity contribution >= 4 is 85.1 Å². The number of para-hydroxylation sites is 1. The van der Waals surface area contributed by atoms with E-state index in [-0.39, 0.29) is 0 Å². The van der Waals surface area contributed by atoms with E-state index in [9.17, 15) is 0 Å². The fourth-order valence-electron chi connectivity index (χ4n) is 7.83. The molecule has 12 rings (SSSR count). The molecular weight excluding hydrogens is 739 g/mol. The molecule has 7 aromatic carbocycles. The average Bonchev–Trinajstić information content (AvgIpc) is 3.97. The van der Waals surface area contributed by atoms with Crippen LogP contribution in [0.5, 0.6) is 0 Å². The lowest BCUT2D eigenvalue weighted by atomic mass is 10.1. The largest absolute Gasteiger partial charge is 0.452 e. The van der Waals surface area contributed by atoms with Crippen LogP contribution in [-0.4, -0.2) is 24.9 Å². The summed E-state index contributed by atoms with van der Waals surface area (Å²) < 4.78 is 11.2. The van der Waals surface area contributed by atoms with Crippen molar-refractivity contribution in [3.63, 3.8) is 0 Å². The summed E-state index contributed by atoms with van der Waals surface area (Å²) in [4.78, 5) is 25.7. The van der Waals surface area contributed by atoms with Crippen LogP contribution < -0.4 is 0 Å². The predicted molar refractivity (Wildman–Crippen MR) is 236 cm³/mol. The van der Waals surface area contributed by atoms with E-state index >= 15 is 0 Å². The first-order chi connectivity index (χ1) is 28.2. The van der Waals surface area contributed by atoms with E-state index in [0.29, 0.717) is 28.9 Å². The zero-order chi connectivity index (χ0) is 37.5. The van der Waals surface area contributed by atoms with Crippen LogP contribution in [0.2, 0.25) is 0 Å². The van der Waals surface area contributed by atoms with Gasteiger partial charge in [0.1, 0.15) is 16.8 Å². The monoisotopic (exact) mass is 765 g/mol. The second kappa shape index (κ2) is 12.7. The number of fused-ring (bicyclic) bond motifs is 9. The van der Waals surface area contributed by atoms with Crippen molar-refractivity contribution in [1.29, 1.82) is 0 Å². The minimum atomic E-state index is 0.625. The molecule has 266 valence electrons. The summed E-state index contributed by atoms with van der Waals surface area (Å²) in [5.41, 5.74) is 7.84. The number of hydrogen-bond donors (Lipinski definition) is 0. The van der Waals surface area contributed by atoms with Crippen LogP contribution in [0.3, 0.4) is 0 Å². The molecular formula is C49H27N5OS2. The maximum absolute atomic E-state index is 6.39. The van der Waals surface area contributed by atoms with Crippen LogP contribution in [0, 0.1) is 0 Å². The van der Waals surface area contributed by atoms with Crippen LogP contribution in [-0.2, 0) is 0 Å². The maximum Gasteiger partial charge on any atom is 0.180 e. The van der Waals surface area contributed by atoms with Gasteiger partial charge in [-0.2, -0.15) is 0 Å². The van der Waals surface area contributed by atoms with Gasteiger partial charge in [0.05, 0.1) is 0 Å². The molecule has 6 nitrogen and oxygen atoms in total. The third-order valence-corrected chi connectivity index (χ3v) is 12.9. The Balaban J connectivity index is 1.03. The lowest BCUT2D eigenvalue weighted by Crippen LogP contribution is -2.00. The zero-order valence-electron chi connectivity index (χ0n) is 30.0. The summed E-state index contributed by atoms with van der Waals surface area (Å²) >= 11 is 3.55. The van der Waals surface area contributed by atoms with Crippen molar-refractivity contribution in [3.05, 3.63) is 164 Å². The molecule has 0 aliphatic carbocycles. The highest BCUT2D eigenvalue weighted by atomic mass is 32.1. The molecule has 0 saturated heterocycles. The molecule has 0 N–H and O–H groups in total. The number of nitrogens with zero attached hydrogens (tertiary/aromatic N) is 5. The second-order valence-corrected chi connectivity index (χ2v) is 16.2. The number of aromatic nitrogens is 5. The first-order valence-electron chi connectivity index (χ1n) is 18.7. The van der Waals surface area contributed by atoms with Crippen LogP contribution >= 0.6 is 22.7 Å². The Hall–Kier alpha value is -7.13. The Morgan fingerprint density at radius 3 is 1.70 bits per heavy atom. The highest BCUT2D eigenvalue weighted by Gasteiger charge is 2.21. The van der Waals surface area contributed by atoms with Crippen LogP contribution in [0.15, 0.2) is 168 Å². The number of rotatable bonds is 5. The highest BCUT2D eigenvalue weighted by Crippen LogP contribution is 2.43. The smallest absolute Gasteiger partial charge is 0.180 e. The van der Waals surface area contributed by atoms with E-state index in [1.807, 2.05) is 66.7 Å². The van der Waals surface area contributed by atoms with Crippen LogP contribution in [0.1, 0.15) is 0 Å². The number of hydrogen-bond acceptors (Lipinski definition) is 8. The number of furan rings is 1. The zero-order valence-corrected chi connectivity index (χ0v) is 31.7. The molecule has 0 saturated carbocycles. The van der Waals surface area contributed by atoms with Gasteiger partial charge in [-0.25, -0.2) is 24.9 Å². The Labute approximate surface area is 333 Å². The third-order valence-electron chi connectivity index (χ3n) is 10.6. The Bertz CT molecular complexity index is 3540. The molecule has 0 radical (unpaired) electrons. The lowest BCUT2D eigenvalue weighted by molar-refractivity contribution is 0.667. The van der Waals surface area contributed by atoms with Gasteiger partial charge in [0.25, 0.3) is 0 Å². The van der Waals surface area contributed by atoms with Gasteiger partial charge >= 0.3 is 0 Å². The molecule has 0 aliphatic heterocycles. The molecule has 8 heteroatoms. The normalized spacial score (nSPS) is 11.9. The second-order valence-electron chi connectivity index (χ2n) is 14.0. The number of benzene rings is 7. The molecule has 0 atom stereocenters. The summed E-state index contributed by atoms with van der Waals surface area (Å²) in [5, 5.41) is 5.67. The molecule has 0 fully saturated rings. The topological polar surface area (TPSA) is 77.6 Å². The minimum Gasteiger partial charge on any atom is -0.452 e. The van der Waals surface area contributed by atoms with Crippen molar-refractivity contribution in [2.75, 3.05) is 0 Å². The molecule has 5 heterocycles. The summed E-state index contributed by atoms with van der Waals surface area (Å²) in [5.74, 6) is 2.56. The van der Waals surface area contributed by atoms with E-state index in [1.54, 1.807) is 22.7 Å². The Morgan fingerprint density at radius 2 is 0.947 bits per heavy atom. The fourth-order valence-corrected chi connectivity index (χ4v) is 10.1. The van der Waals surface area contributed by atoms with Gasteiger partial charge in [0.15, 0.2) is 28.9 Å². The Kier molecular flexibility index (Phi) is 7.17. The van der Waals surface area contributed by atoms with Gasteiger partial charge < -0.3 is 4.42 Å². The van der Waals surface area contributed by atoms with Gasteiger partial charge in [-0.1, -0.05) is 103 Å². The lowest BCUT2D eigenvalue weighted by Gasteiger charge is -2.09. The van der Waals surface area contributed by atoms with E-state index < -0.39 is 0 Å². The van der Waals surface area contributed by atoms with E-state index in [0.717, 1.165) is 70.2 Å². The summed E-state index contributed by atoms with van der Waals surface area (Å²) in [6, 6.07) is 56.4. The minimum absolute atomic E-state index is 0.625. The summed E-state index contributed by atoms with van der Waals surface area (Å²) in [7, 11) is 0. The van der Waals surface area contributed by atoms with Crippen molar-refractivity contribution in [2.24, 2.45) is 0 Å². The quantitative estimate of drug-likeness (QED) is 0.174. The van der Waals surface area contributed by atoms with Gasteiger partial charge in [-0.05, 0) is 60.7 Å². The SMILES string of the molecule is c1ccc(-c2nc(-c3ccc4sc5ccccc5c4c3)nc(-c3ccc4sc5c(-c6nc(-c7ccccc7)c7oc8ccccc8c7n6)cccc5c4c3)n2)cc1. The summed E-state index contributed by atoms with van der Waals surface area (Å²) in [6.07, 6.45) is 0. The van der Waals surface area contributed by atoms with Crippen LogP contribution in [0.4, 0.5) is 0 Å². The Morgan fingerprint density at radius 1 is 0.368 bits per heavy atom. The molecule has 0 unspecified atom stereocenters. The van der Waals surface area contributed by atoms with Crippen molar-refractivity contribution < 1.29 is 4.42 Å². The molecule has 0 amide bonds. The van der Waals surface area contributed by atoms with Gasteiger partial charge in [0, 0.05) is 73.5 Å². The van der Waals surface area contributed by atoms with Crippen LogP contribution in [0.25, 0.3) is 119 Å². The molecule has 0 aliphatic rings. The van der Waals surface area contributed by atoms with E-state index in [1.165, 1.54) is 20.2 Å². The van der Waals surface area contributed by atoms with Crippen molar-refractivity contribution in [2.45, 2.75) is 0 Å². The maximum atomic E-state index is 6.39. The fraction of sp³-hybridized carbons (Fsp3) is 0. The molecule has 57 heavy (non-hydrogen) atoms. The molecule has 0 spiro atoms. The first kappa shape index (κ1) is 32.1. The molecule has 0 bridgehead atoms. The number of thiophene rings is 2. The molecule has 5 aromatic heterocycles. The predicted octanol–water partition coefficient (Wildman–Crippen LogP) is 13.6. The van der Waals surface area contributed by atoms with E-state index in [2.05, 4.69) is 97.1 Å². The highest BCUT2D eigenvalue weighted by molar-refractivity contribution is 7.26. The van der Waals surface area contributed by atoms with Crippen molar-refractivity contribution in [3.8, 4) is 56.8 Å². The van der Waals surface area contributed by atoms with Gasteiger partial charge in [-0.3, -0.25) is 0 Å². The first-order valence-corrected chi connectivity index (χ1v) is 20.3. The van der Waals surface area contributed by atoms with E-state index in [4.69, 9.17) is 29.3 Å². The summed E-state index contributed by atoms with van der Waals surface area (Å²) in [6.45, 7) is 0. The standard InChI is InChI=1S/C49H27N5OS2/c1-3-12-28(13-4-1)42-44-43(34-17-7-9-20-38(34)55-44)51-49(50-42)35-19-11-18-33-37-27-31(23-25-41(37)57-45(33)35)48-53-46(29-14-5-2-6-15-29)52-47(54-48)30-22-24-40-36(26-30)32-16-8-10-21-39(32)56-40/h1-27H. The molecule has 12 aromatic rings. The third kappa shape index (κ3) is 5.26. The van der Waals surface area contributed by atoms with Gasteiger partial charge in [-0.15, -0.1) is 22.7 Å². The average molecular weight is 766 g/mol. The van der Waals surface area contributed by atoms with Crippen molar-refractivity contribution in [1.82, 2.24) is 24.9 Å².